The Bertz CT molecular complexity index is 1020. The van der Waals surface area contributed by atoms with Crippen molar-refractivity contribution in [1.29, 1.82) is 0 Å². The number of aryl methyl sites for hydroxylation is 3. The van der Waals surface area contributed by atoms with Gasteiger partial charge >= 0.3 is 12.0 Å². The van der Waals surface area contributed by atoms with Gasteiger partial charge in [-0.3, -0.25) is 14.6 Å². The lowest BCUT2D eigenvalue weighted by Crippen LogP contribution is -2.40. The second kappa shape index (κ2) is 9.02. The van der Waals surface area contributed by atoms with Gasteiger partial charge in [0.1, 0.15) is 12.3 Å². The number of esters is 1. The topological polar surface area (TPSA) is 76.2 Å². The van der Waals surface area contributed by atoms with Gasteiger partial charge in [-0.15, -0.1) is 0 Å². The van der Waals surface area contributed by atoms with E-state index in [1.54, 1.807) is 20.8 Å². The fourth-order valence-electron chi connectivity index (χ4n) is 3.70. The summed E-state index contributed by atoms with van der Waals surface area (Å²) in [6.45, 7) is 11.3. The molecule has 7 nitrogen and oxygen atoms in total. The summed E-state index contributed by atoms with van der Waals surface area (Å²) >= 11 is 0. The first-order valence-corrected chi connectivity index (χ1v) is 10.7. The van der Waals surface area contributed by atoms with Gasteiger partial charge in [-0.2, -0.15) is 0 Å². The molecular weight excluding hydrogens is 408 g/mol. The third-order valence-corrected chi connectivity index (χ3v) is 5.39. The molecule has 7 heteroatoms. The molecule has 0 aliphatic carbocycles. The first-order chi connectivity index (χ1) is 15.0. The summed E-state index contributed by atoms with van der Waals surface area (Å²) in [4.78, 5) is 40.5. The van der Waals surface area contributed by atoms with Crippen molar-refractivity contribution in [1.82, 2.24) is 4.90 Å². The van der Waals surface area contributed by atoms with Crippen LogP contribution in [-0.2, 0) is 20.9 Å². The van der Waals surface area contributed by atoms with Crippen LogP contribution < -0.4 is 9.64 Å². The third kappa shape index (κ3) is 4.77. The second-order valence-electron chi connectivity index (χ2n) is 8.58. The molecule has 0 N–H and O–H groups in total. The number of hydrogen-bond acceptors (Lipinski definition) is 5. The first-order valence-electron chi connectivity index (χ1n) is 10.7. The van der Waals surface area contributed by atoms with Crippen molar-refractivity contribution in [3.8, 4) is 5.75 Å². The van der Waals surface area contributed by atoms with E-state index in [4.69, 9.17) is 9.47 Å². The maximum atomic E-state index is 12.9. The minimum atomic E-state index is -1.14. The van der Waals surface area contributed by atoms with Crippen LogP contribution in [0.2, 0.25) is 0 Å². The third-order valence-electron chi connectivity index (χ3n) is 5.39. The summed E-state index contributed by atoms with van der Waals surface area (Å²) in [5, 5.41) is 0. The van der Waals surface area contributed by atoms with Gasteiger partial charge in [-0.25, -0.2) is 9.59 Å². The lowest BCUT2D eigenvalue weighted by molar-refractivity contribution is -0.158. The molecule has 0 saturated carbocycles. The highest BCUT2D eigenvalue weighted by Gasteiger charge is 2.37. The van der Waals surface area contributed by atoms with E-state index >= 15 is 0 Å². The van der Waals surface area contributed by atoms with E-state index in [2.05, 4.69) is 0 Å². The zero-order valence-electron chi connectivity index (χ0n) is 19.5. The Morgan fingerprint density at radius 3 is 2.19 bits per heavy atom. The normalized spacial score (nSPS) is 14.2. The van der Waals surface area contributed by atoms with Gasteiger partial charge in [-0.1, -0.05) is 29.8 Å². The van der Waals surface area contributed by atoms with E-state index in [0.717, 1.165) is 22.3 Å². The van der Waals surface area contributed by atoms with Gasteiger partial charge in [0, 0.05) is 5.69 Å². The highest BCUT2D eigenvalue weighted by atomic mass is 16.6. The fraction of sp³-hybridized carbons (Fsp3) is 0.400. The molecule has 2 aromatic carbocycles. The van der Waals surface area contributed by atoms with Crippen molar-refractivity contribution < 1.29 is 23.9 Å². The lowest BCUT2D eigenvalue weighted by atomic mass is 10.0. The molecule has 0 aromatic heterocycles. The summed E-state index contributed by atoms with van der Waals surface area (Å²) in [5.74, 6) is -0.0888. The van der Waals surface area contributed by atoms with Crippen LogP contribution in [-0.4, -0.2) is 41.6 Å². The number of benzene rings is 2. The van der Waals surface area contributed by atoms with Crippen LogP contribution in [0.25, 0.3) is 0 Å². The quantitative estimate of drug-likeness (QED) is 0.476. The minimum Gasteiger partial charge on any atom is -0.476 e. The Balaban J connectivity index is 1.78. The Morgan fingerprint density at radius 2 is 1.62 bits per heavy atom. The van der Waals surface area contributed by atoms with Crippen LogP contribution in [0.15, 0.2) is 36.4 Å². The lowest BCUT2D eigenvalue weighted by Gasteiger charge is -2.26. The molecule has 1 saturated heterocycles. The number of urea groups is 1. The molecule has 32 heavy (non-hydrogen) atoms. The molecule has 0 bridgehead atoms. The average molecular weight is 439 g/mol. The van der Waals surface area contributed by atoms with E-state index in [1.165, 1.54) is 9.80 Å². The number of anilines is 1. The largest absolute Gasteiger partial charge is 0.476 e. The summed E-state index contributed by atoms with van der Waals surface area (Å²) in [7, 11) is 0. The predicted octanol–water partition coefficient (Wildman–Crippen LogP) is 4.30. The SMILES string of the molecule is CCOC(=O)C(C)(C)Oc1c(C)cc(CN2C(=O)CN(c3ccc(C)cc3)C2=O)cc1C. The molecule has 1 heterocycles. The molecule has 2 aromatic rings. The van der Waals surface area contributed by atoms with Gasteiger partial charge in [-0.05, 0) is 70.4 Å². The van der Waals surface area contributed by atoms with Crippen LogP contribution in [0, 0.1) is 20.8 Å². The predicted molar refractivity (Wildman–Crippen MR) is 122 cm³/mol. The van der Waals surface area contributed by atoms with Gasteiger partial charge < -0.3 is 9.47 Å². The van der Waals surface area contributed by atoms with E-state index in [9.17, 15) is 14.4 Å². The molecule has 1 aliphatic rings. The zero-order valence-corrected chi connectivity index (χ0v) is 19.5. The van der Waals surface area contributed by atoms with Gasteiger partial charge in [0.15, 0.2) is 5.60 Å². The summed E-state index contributed by atoms with van der Waals surface area (Å²) < 4.78 is 11.1. The van der Waals surface area contributed by atoms with Crippen molar-refractivity contribution in [3.63, 3.8) is 0 Å². The smallest absolute Gasteiger partial charge is 0.349 e. The molecule has 0 radical (unpaired) electrons. The molecular formula is C25H30N2O5. The van der Waals surface area contributed by atoms with Gasteiger partial charge in [0.2, 0.25) is 0 Å². The number of carbonyl (C=O) groups excluding carboxylic acids is 3. The second-order valence-corrected chi connectivity index (χ2v) is 8.58. The van der Waals surface area contributed by atoms with Gasteiger partial charge in [0.05, 0.1) is 13.2 Å². The summed E-state index contributed by atoms with van der Waals surface area (Å²) in [5.41, 5.74) is 3.09. The van der Waals surface area contributed by atoms with E-state index in [0.29, 0.717) is 11.4 Å². The minimum absolute atomic E-state index is 0.0226. The number of rotatable bonds is 7. The number of imide groups is 1. The number of amides is 3. The Kier molecular flexibility index (Phi) is 6.57. The Morgan fingerprint density at radius 1 is 1.03 bits per heavy atom. The van der Waals surface area contributed by atoms with Crippen LogP contribution in [0.5, 0.6) is 5.75 Å². The molecule has 1 fully saturated rings. The van der Waals surface area contributed by atoms with Crippen molar-refractivity contribution in [2.24, 2.45) is 0 Å². The fourth-order valence-corrected chi connectivity index (χ4v) is 3.70. The van der Waals surface area contributed by atoms with E-state index in [1.807, 2.05) is 57.2 Å². The molecule has 0 spiro atoms. The standard InChI is InChI=1S/C25H30N2O5/c1-7-31-23(29)25(5,6)32-22-17(3)12-19(13-18(22)4)14-27-21(28)15-26(24(27)30)20-10-8-16(2)9-11-20/h8-13H,7,14-15H2,1-6H3. The maximum Gasteiger partial charge on any atom is 0.349 e. The maximum absolute atomic E-state index is 12.9. The number of hydrogen-bond donors (Lipinski definition) is 0. The molecule has 170 valence electrons. The molecule has 1 aliphatic heterocycles. The number of ether oxygens (including phenoxy) is 2. The van der Waals surface area contributed by atoms with Crippen LogP contribution in [0.1, 0.15) is 43.0 Å². The zero-order chi connectivity index (χ0) is 23.6. The van der Waals surface area contributed by atoms with Gasteiger partial charge in [0.25, 0.3) is 5.91 Å². The number of carbonyl (C=O) groups is 3. The van der Waals surface area contributed by atoms with Crippen LogP contribution >= 0.6 is 0 Å². The first kappa shape index (κ1) is 23.3. The number of nitrogens with zero attached hydrogens (tertiary/aromatic N) is 2. The van der Waals surface area contributed by atoms with E-state index in [-0.39, 0.29) is 31.6 Å². The molecule has 0 atom stereocenters. The molecule has 0 unspecified atom stereocenters. The monoisotopic (exact) mass is 438 g/mol. The van der Waals surface area contributed by atoms with Crippen molar-refractivity contribution in [3.05, 3.63) is 58.7 Å². The van der Waals surface area contributed by atoms with Crippen LogP contribution in [0.3, 0.4) is 0 Å². The van der Waals surface area contributed by atoms with Crippen molar-refractivity contribution in [2.75, 3.05) is 18.1 Å². The average Bonchev–Trinajstić information content (AvgIpc) is 3.00. The Labute approximate surface area is 188 Å². The molecule has 3 amide bonds. The van der Waals surface area contributed by atoms with Crippen molar-refractivity contribution in [2.45, 2.75) is 53.7 Å². The van der Waals surface area contributed by atoms with Crippen LogP contribution in [0.4, 0.5) is 10.5 Å². The Hall–Kier alpha value is -3.35. The summed E-state index contributed by atoms with van der Waals surface area (Å²) in [6.07, 6.45) is 0. The highest BCUT2D eigenvalue weighted by Crippen LogP contribution is 2.30. The summed E-state index contributed by atoms with van der Waals surface area (Å²) in [6, 6.07) is 10.9. The molecule has 3 rings (SSSR count). The van der Waals surface area contributed by atoms with Crippen molar-refractivity contribution >= 4 is 23.6 Å². The van der Waals surface area contributed by atoms with E-state index < -0.39 is 11.6 Å². The highest BCUT2D eigenvalue weighted by molar-refractivity contribution is 6.12.